The van der Waals surface area contributed by atoms with E-state index in [1.165, 1.54) is 51.5 Å². The number of rotatable bonds is 5. The molecule has 196 valence electrons. The van der Waals surface area contributed by atoms with Gasteiger partial charge in [0.2, 0.25) is 0 Å². The van der Waals surface area contributed by atoms with Crippen molar-refractivity contribution in [2.75, 3.05) is 8.46 Å². The Kier molecular flexibility index (Phi) is 7.07. The number of nitrogens with zero attached hydrogens (tertiary/aromatic N) is 2. The average molecular weight is 577 g/mol. The van der Waals surface area contributed by atoms with Crippen molar-refractivity contribution >= 4 is 68.2 Å². The molecule has 0 bridgehead atoms. The second-order valence-electron chi connectivity index (χ2n) is 13.6. The van der Waals surface area contributed by atoms with Gasteiger partial charge in [0.25, 0.3) is 0 Å². The van der Waals surface area contributed by atoms with Crippen LogP contribution in [-0.2, 0) is 0 Å². The van der Waals surface area contributed by atoms with Gasteiger partial charge in [-0.05, 0) is 72.3 Å². The topological polar surface area (TPSA) is 6.48 Å². The van der Waals surface area contributed by atoms with Crippen LogP contribution in [0.3, 0.4) is 0 Å². The van der Waals surface area contributed by atoms with Gasteiger partial charge < -0.3 is 8.46 Å². The molecule has 2 fully saturated rings. The Morgan fingerprint density at radius 3 is 1.05 bits per heavy atom. The smallest absolute Gasteiger partial charge is 0.141 e. The lowest BCUT2D eigenvalue weighted by Crippen LogP contribution is -2.55. The molecule has 37 heavy (non-hydrogen) atoms. The van der Waals surface area contributed by atoms with Crippen LogP contribution in [0.2, 0.25) is 76.6 Å². The summed E-state index contributed by atoms with van der Waals surface area (Å²) in [5.41, 5.74) is 2.95. The zero-order valence-corrected chi connectivity index (χ0v) is 29.1. The third-order valence-corrected chi connectivity index (χ3v) is 31.3. The molecular weight excluding hydrogens is 532 g/mol. The van der Waals surface area contributed by atoms with Crippen molar-refractivity contribution in [1.29, 1.82) is 0 Å². The second kappa shape index (κ2) is 9.63. The van der Waals surface area contributed by atoms with Gasteiger partial charge in [0.1, 0.15) is 32.9 Å². The van der Waals surface area contributed by atoms with Gasteiger partial charge in [0.05, 0.1) is 0 Å². The highest BCUT2D eigenvalue weighted by Crippen LogP contribution is 2.43. The predicted molar refractivity (Wildman–Crippen MR) is 179 cm³/mol. The SMILES string of the molecule is C[Si]1(C)CC[Si](C)(C)N1c1ccc(P(c2ccccc2)c2ccc(N3[Si](C)(C)CC[Si]3(C)C)cc2)cc1. The van der Waals surface area contributed by atoms with Gasteiger partial charge in [-0.1, -0.05) is 107 Å². The first kappa shape index (κ1) is 27.1. The zero-order chi connectivity index (χ0) is 26.6. The number of hydrogen-bond donors (Lipinski definition) is 0. The fourth-order valence-electron chi connectivity index (χ4n) is 7.23. The lowest BCUT2D eigenvalue weighted by molar-refractivity contribution is 1.35. The molecule has 0 N–H and O–H groups in total. The molecule has 2 heterocycles. The molecule has 3 aromatic rings. The van der Waals surface area contributed by atoms with Crippen molar-refractivity contribution in [2.24, 2.45) is 0 Å². The van der Waals surface area contributed by atoms with Crippen LogP contribution in [0, 0.1) is 0 Å². The van der Waals surface area contributed by atoms with Gasteiger partial charge in [-0.25, -0.2) is 0 Å². The largest absolute Gasteiger partial charge is 0.424 e. The molecular formula is C30H45N2PSi4. The normalized spacial score (nSPS) is 21.5. The Morgan fingerprint density at radius 1 is 0.432 bits per heavy atom. The van der Waals surface area contributed by atoms with Crippen LogP contribution >= 0.6 is 7.92 Å². The van der Waals surface area contributed by atoms with Crippen LogP contribution in [-0.4, -0.2) is 32.9 Å². The van der Waals surface area contributed by atoms with Crippen LogP contribution in [0.5, 0.6) is 0 Å². The van der Waals surface area contributed by atoms with Gasteiger partial charge in [0, 0.05) is 11.4 Å². The third-order valence-electron chi connectivity index (χ3n) is 8.87. The molecule has 0 aromatic heterocycles. The van der Waals surface area contributed by atoms with Crippen molar-refractivity contribution in [1.82, 2.24) is 0 Å². The standard InChI is InChI=1S/C30H45N2PSi4/c1-34(2)22-23-35(3,4)31(34)26-14-18-29(19-15-26)33(28-12-10-9-11-13-28)30-20-16-27(17-21-30)32-36(5,6)24-25-37(32,7)8/h9-21H,22-25H2,1-8H3. The minimum atomic E-state index is -1.36. The van der Waals surface area contributed by atoms with Gasteiger partial charge in [-0.3, -0.25) is 0 Å². The zero-order valence-electron chi connectivity index (χ0n) is 24.2. The van der Waals surface area contributed by atoms with Crippen LogP contribution in [0.15, 0.2) is 78.9 Å². The van der Waals surface area contributed by atoms with Crippen LogP contribution in [0.1, 0.15) is 0 Å². The molecule has 2 nitrogen and oxygen atoms in total. The first-order chi connectivity index (χ1) is 17.3. The van der Waals surface area contributed by atoms with Gasteiger partial charge in [-0.15, -0.1) is 0 Å². The molecule has 5 rings (SSSR count). The summed E-state index contributed by atoms with van der Waals surface area (Å²) in [6.07, 6.45) is 0. The summed E-state index contributed by atoms with van der Waals surface area (Å²) in [4.78, 5) is 0. The molecule has 0 saturated carbocycles. The van der Waals surface area contributed by atoms with E-state index in [4.69, 9.17) is 0 Å². The summed E-state index contributed by atoms with van der Waals surface area (Å²) in [5.74, 6) is 0. The van der Waals surface area contributed by atoms with Gasteiger partial charge >= 0.3 is 0 Å². The molecule has 3 aromatic carbocycles. The maximum absolute atomic E-state index is 2.93. The molecule has 2 aliphatic heterocycles. The molecule has 2 saturated heterocycles. The van der Waals surface area contributed by atoms with Crippen LogP contribution in [0.25, 0.3) is 0 Å². The van der Waals surface area contributed by atoms with E-state index in [1.54, 1.807) is 0 Å². The fourth-order valence-corrected chi connectivity index (χ4v) is 38.0. The maximum Gasteiger partial charge on any atom is 0.141 e. The highest BCUT2D eigenvalue weighted by Gasteiger charge is 2.48. The van der Waals surface area contributed by atoms with Crippen LogP contribution in [0.4, 0.5) is 11.4 Å². The Morgan fingerprint density at radius 2 is 0.730 bits per heavy atom. The summed E-state index contributed by atoms with van der Waals surface area (Å²) in [6.45, 7) is 20.5. The van der Waals surface area contributed by atoms with Crippen molar-refractivity contribution < 1.29 is 0 Å². The summed E-state index contributed by atoms with van der Waals surface area (Å²) in [6, 6.07) is 36.5. The monoisotopic (exact) mass is 576 g/mol. The summed E-state index contributed by atoms with van der Waals surface area (Å²) in [7, 11) is -6.02. The highest BCUT2D eigenvalue weighted by molar-refractivity contribution is 7.79. The van der Waals surface area contributed by atoms with Crippen molar-refractivity contribution in [3.05, 3.63) is 78.9 Å². The summed E-state index contributed by atoms with van der Waals surface area (Å²) >= 11 is 0. The third kappa shape index (κ3) is 5.12. The van der Waals surface area contributed by atoms with E-state index in [0.717, 1.165) is 0 Å². The number of hydrogen-bond acceptors (Lipinski definition) is 2. The predicted octanol–water partition coefficient (Wildman–Crippen LogP) is 7.91. The van der Waals surface area contributed by atoms with Crippen molar-refractivity contribution in [3.63, 3.8) is 0 Å². The molecule has 2 aliphatic rings. The van der Waals surface area contributed by atoms with Crippen molar-refractivity contribution in [3.8, 4) is 0 Å². The van der Waals surface area contributed by atoms with Crippen molar-refractivity contribution in [2.45, 2.75) is 76.6 Å². The van der Waals surface area contributed by atoms with Gasteiger partial charge in [-0.2, -0.15) is 0 Å². The lowest BCUT2D eigenvalue weighted by atomic mass is 10.3. The molecule has 0 spiro atoms. The van der Waals surface area contributed by atoms with E-state index in [0.29, 0.717) is 0 Å². The molecule has 0 aliphatic carbocycles. The van der Waals surface area contributed by atoms with E-state index in [9.17, 15) is 0 Å². The molecule has 0 unspecified atom stereocenters. The molecule has 0 atom stereocenters. The quantitative estimate of drug-likeness (QED) is 0.225. The van der Waals surface area contributed by atoms with E-state index >= 15 is 0 Å². The average Bonchev–Trinajstić information content (AvgIpc) is 3.21. The first-order valence-corrected chi connectivity index (χ1v) is 27.9. The number of anilines is 2. The molecule has 0 radical (unpaired) electrons. The first-order valence-electron chi connectivity index (χ1n) is 14.0. The summed E-state index contributed by atoms with van der Waals surface area (Å²) in [5, 5.41) is 4.36. The molecule has 7 heteroatoms. The Hall–Kier alpha value is -1.44. The highest BCUT2D eigenvalue weighted by atomic mass is 31.1. The lowest BCUT2D eigenvalue weighted by Gasteiger charge is -2.41. The maximum atomic E-state index is 2.93. The fraction of sp³-hybridized carbons (Fsp3) is 0.400. The molecule has 0 amide bonds. The minimum Gasteiger partial charge on any atom is -0.424 e. The Balaban J connectivity index is 1.51. The minimum absolute atomic E-state index is 0.582. The van der Waals surface area contributed by atoms with Gasteiger partial charge in [0.15, 0.2) is 0 Å². The van der Waals surface area contributed by atoms with E-state index < -0.39 is 40.9 Å². The van der Waals surface area contributed by atoms with Crippen LogP contribution < -0.4 is 24.4 Å². The number of benzene rings is 3. The van der Waals surface area contributed by atoms with E-state index in [-0.39, 0.29) is 0 Å². The van der Waals surface area contributed by atoms with E-state index in [1.807, 2.05) is 0 Å². The summed E-state index contributed by atoms with van der Waals surface area (Å²) < 4.78 is 5.85. The Bertz CT molecular complexity index is 1130. The second-order valence-corrected chi connectivity index (χ2v) is 35.0. The Labute approximate surface area is 231 Å². The van der Waals surface area contributed by atoms with E-state index in [2.05, 4.69) is 140 Å².